The maximum Gasteiger partial charge on any atom is 0.163 e. The van der Waals surface area contributed by atoms with Crippen LogP contribution in [0.25, 0.3) is 10.9 Å². The molecule has 7 nitrogen and oxygen atoms in total. The fourth-order valence-electron chi connectivity index (χ4n) is 3.30. The van der Waals surface area contributed by atoms with Crippen LogP contribution >= 0.6 is 27.5 Å². The van der Waals surface area contributed by atoms with Gasteiger partial charge < -0.3 is 24.4 Å². The lowest BCUT2D eigenvalue weighted by Gasteiger charge is -2.30. The third kappa shape index (κ3) is 4.78. The average Bonchev–Trinajstić information content (AvgIpc) is 2.74. The number of hydrogen-bond donors (Lipinski definition) is 1. The van der Waals surface area contributed by atoms with E-state index in [0.717, 1.165) is 34.2 Å². The van der Waals surface area contributed by atoms with E-state index in [-0.39, 0.29) is 6.10 Å². The smallest absolute Gasteiger partial charge is 0.163 e. The fourth-order valence-corrected chi connectivity index (χ4v) is 4.03. The Hall–Kier alpha value is -2.13. The lowest BCUT2D eigenvalue weighted by molar-refractivity contribution is -0.0406. The monoisotopic (exact) mass is 492 g/mol. The first-order chi connectivity index (χ1) is 14.5. The number of halogens is 2. The van der Waals surface area contributed by atoms with E-state index < -0.39 is 0 Å². The van der Waals surface area contributed by atoms with Crippen LogP contribution in [0.1, 0.15) is 0 Å². The summed E-state index contributed by atoms with van der Waals surface area (Å²) in [4.78, 5) is 11.0. The zero-order valence-corrected chi connectivity index (χ0v) is 19.0. The van der Waals surface area contributed by atoms with Crippen molar-refractivity contribution in [3.8, 4) is 11.5 Å². The van der Waals surface area contributed by atoms with Crippen molar-refractivity contribution in [2.24, 2.45) is 0 Å². The van der Waals surface area contributed by atoms with Gasteiger partial charge >= 0.3 is 0 Å². The van der Waals surface area contributed by atoms with Gasteiger partial charge in [0.05, 0.1) is 29.9 Å². The molecule has 2 aromatic carbocycles. The standard InChI is InChI=1S/C21H22BrClN4O3/c1-27-5-6-29-14(10-27)11-30-20-9-18-15(8-19(20)28-2)21(25-12-24-18)26-17-4-3-13(22)7-16(17)23/h3-4,7-9,12,14H,5-6,10-11H2,1-2H3,(H,24,25,26). The zero-order chi connectivity index (χ0) is 21.1. The number of rotatable bonds is 6. The summed E-state index contributed by atoms with van der Waals surface area (Å²) < 4.78 is 18.3. The van der Waals surface area contributed by atoms with E-state index in [0.29, 0.717) is 35.6 Å². The van der Waals surface area contributed by atoms with Crippen LogP contribution in [0.15, 0.2) is 41.1 Å². The number of methoxy groups -OCH3 is 1. The first-order valence-electron chi connectivity index (χ1n) is 9.51. The molecule has 1 atom stereocenters. The number of benzene rings is 2. The van der Waals surface area contributed by atoms with Crippen molar-refractivity contribution in [3.63, 3.8) is 0 Å². The number of ether oxygens (including phenoxy) is 3. The highest BCUT2D eigenvalue weighted by atomic mass is 79.9. The molecule has 3 aromatic rings. The second-order valence-electron chi connectivity index (χ2n) is 7.06. The van der Waals surface area contributed by atoms with E-state index in [9.17, 15) is 0 Å². The Morgan fingerprint density at radius 1 is 1.27 bits per heavy atom. The molecule has 1 unspecified atom stereocenters. The van der Waals surface area contributed by atoms with Crippen LogP contribution in [0.3, 0.4) is 0 Å². The highest BCUT2D eigenvalue weighted by molar-refractivity contribution is 9.10. The highest BCUT2D eigenvalue weighted by Gasteiger charge is 2.20. The largest absolute Gasteiger partial charge is 0.493 e. The van der Waals surface area contributed by atoms with Crippen molar-refractivity contribution in [2.75, 3.05) is 45.8 Å². The van der Waals surface area contributed by atoms with Gasteiger partial charge in [-0.15, -0.1) is 0 Å². The SMILES string of the molecule is COc1cc2c(Nc3ccc(Br)cc3Cl)ncnc2cc1OCC1CN(C)CCO1. The summed E-state index contributed by atoms with van der Waals surface area (Å²) in [6, 6.07) is 9.35. The van der Waals surface area contributed by atoms with E-state index in [2.05, 4.69) is 43.2 Å². The predicted molar refractivity (Wildman–Crippen MR) is 121 cm³/mol. The number of fused-ring (bicyclic) bond motifs is 1. The van der Waals surface area contributed by atoms with Gasteiger partial charge in [-0.3, -0.25) is 0 Å². The minimum absolute atomic E-state index is 0.0197. The van der Waals surface area contributed by atoms with Gasteiger partial charge in [-0.2, -0.15) is 0 Å². The average molecular weight is 494 g/mol. The van der Waals surface area contributed by atoms with Crippen LogP contribution in [0.4, 0.5) is 11.5 Å². The highest BCUT2D eigenvalue weighted by Crippen LogP contribution is 2.36. The number of nitrogens with zero attached hydrogens (tertiary/aromatic N) is 3. The minimum atomic E-state index is 0.0197. The van der Waals surface area contributed by atoms with E-state index >= 15 is 0 Å². The van der Waals surface area contributed by atoms with E-state index in [4.69, 9.17) is 25.8 Å². The number of anilines is 2. The maximum absolute atomic E-state index is 6.34. The Morgan fingerprint density at radius 3 is 2.90 bits per heavy atom. The molecule has 1 aromatic heterocycles. The van der Waals surface area contributed by atoms with Crippen molar-refractivity contribution in [1.29, 1.82) is 0 Å². The van der Waals surface area contributed by atoms with Gasteiger partial charge in [0.15, 0.2) is 11.5 Å². The topological polar surface area (TPSA) is 68.7 Å². The second kappa shape index (κ2) is 9.34. The molecule has 2 heterocycles. The molecule has 0 saturated carbocycles. The maximum atomic E-state index is 6.34. The molecule has 1 N–H and O–H groups in total. The number of morpholine rings is 1. The van der Waals surface area contributed by atoms with Crippen LogP contribution in [-0.2, 0) is 4.74 Å². The summed E-state index contributed by atoms with van der Waals surface area (Å²) in [6.45, 7) is 2.92. The Labute approximate surface area is 188 Å². The molecule has 1 aliphatic rings. The van der Waals surface area contributed by atoms with Crippen LogP contribution < -0.4 is 14.8 Å². The number of aromatic nitrogens is 2. The number of nitrogens with one attached hydrogen (secondary N) is 1. The van der Waals surface area contributed by atoms with Crippen molar-refractivity contribution in [3.05, 3.63) is 46.2 Å². The Kier molecular flexibility index (Phi) is 6.58. The van der Waals surface area contributed by atoms with Crippen molar-refractivity contribution < 1.29 is 14.2 Å². The van der Waals surface area contributed by atoms with Crippen LogP contribution in [0.2, 0.25) is 5.02 Å². The molecule has 1 saturated heterocycles. The first-order valence-corrected chi connectivity index (χ1v) is 10.7. The molecule has 1 aliphatic heterocycles. The minimum Gasteiger partial charge on any atom is -0.493 e. The molecule has 0 amide bonds. The summed E-state index contributed by atoms with van der Waals surface area (Å²) in [5, 5.41) is 4.66. The molecule has 0 spiro atoms. The van der Waals surface area contributed by atoms with Crippen LogP contribution in [-0.4, -0.2) is 61.4 Å². The van der Waals surface area contributed by atoms with Crippen LogP contribution in [0.5, 0.6) is 11.5 Å². The van der Waals surface area contributed by atoms with E-state index in [1.54, 1.807) is 7.11 Å². The van der Waals surface area contributed by atoms with Gasteiger partial charge in [-0.05, 0) is 31.3 Å². The molecule has 158 valence electrons. The summed E-state index contributed by atoms with van der Waals surface area (Å²) in [5.41, 5.74) is 1.48. The third-order valence-electron chi connectivity index (χ3n) is 4.87. The van der Waals surface area contributed by atoms with E-state index in [1.165, 1.54) is 6.33 Å². The van der Waals surface area contributed by atoms with Crippen LogP contribution in [0, 0.1) is 0 Å². The first kappa shape index (κ1) is 21.1. The normalized spacial score (nSPS) is 17.1. The summed E-state index contributed by atoms with van der Waals surface area (Å²) in [6.07, 6.45) is 1.53. The lowest BCUT2D eigenvalue weighted by atomic mass is 10.2. The predicted octanol–water partition coefficient (Wildman–Crippen LogP) is 4.51. The quantitative estimate of drug-likeness (QED) is 0.542. The van der Waals surface area contributed by atoms with Crippen molar-refractivity contribution in [2.45, 2.75) is 6.10 Å². The molecule has 0 radical (unpaired) electrons. The van der Waals surface area contributed by atoms with Gasteiger partial charge in [-0.25, -0.2) is 9.97 Å². The van der Waals surface area contributed by atoms with Crippen molar-refractivity contribution in [1.82, 2.24) is 14.9 Å². The molecule has 0 bridgehead atoms. The zero-order valence-electron chi connectivity index (χ0n) is 16.7. The molecule has 4 rings (SSSR count). The fraction of sp³-hybridized carbons (Fsp3) is 0.333. The third-order valence-corrected chi connectivity index (χ3v) is 5.68. The Bertz CT molecular complexity index is 1050. The molecular formula is C21H22BrClN4O3. The van der Waals surface area contributed by atoms with Crippen molar-refractivity contribution >= 4 is 49.9 Å². The molecular weight excluding hydrogens is 472 g/mol. The molecule has 1 fully saturated rings. The van der Waals surface area contributed by atoms with E-state index in [1.807, 2.05) is 30.3 Å². The van der Waals surface area contributed by atoms with Gasteiger partial charge in [0.2, 0.25) is 0 Å². The Morgan fingerprint density at radius 2 is 2.13 bits per heavy atom. The van der Waals surface area contributed by atoms with Gasteiger partial charge in [0, 0.05) is 29.0 Å². The summed E-state index contributed by atoms with van der Waals surface area (Å²) in [7, 11) is 3.69. The Balaban J connectivity index is 1.60. The second-order valence-corrected chi connectivity index (χ2v) is 8.38. The number of hydrogen-bond acceptors (Lipinski definition) is 7. The number of likely N-dealkylation sites (N-methyl/N-ethyl adjacent to an activating group) is 1. The molecule has 9 heteroatoms. The van der Waals surface area contributed by atoms with Gasteiger partial charge in [0.25, 0.3) is 0 Å². The summed E-state index contributed by atoms with van der Waals surface area (Å²) >= 11 is 9.76. The summed E-state index contributed by atoms with van der Waals surface area (Å²) in [5.74, 6) is 1.85. The lowest BCUT2D eigenvalue weighted by Crippen LogP contribution is -2.42. The molecule has 0 aliphatic carbocycles. The van der Waals surface area contributed by atoms with Gasteiger partial charge in [0.1, 0.15) is 24.9 Å². The molecule has 30 heavy (non-hydrogen) atoms. The van der Waals surface area contributed by atoms with Gasteiger partial charge in [-0.1, -0.05) is 27.5 Å².